The first-order valence-electron chi connectivity index (χ1n) is 8.25. The second-order valence-electron chi connectivity index (χ2n) is 7.22. The summed E-state index contributed by atoms with van der Waals surface area (Å²) < 4.78 is 0. The highest BCUT2D eigenvalue weighted by atomic mass is 15.1. The molecule has 2 heteroatoms. The average Bonchev–Trinajstić information content (AvgIpc) is 3.04. The van der Waals surface area contributed by atoms with Crippen LogP contribution in [0, 0.1) is 11.3 Å². The number of nitrogens with zero attached hydrogens (tertiary/aromatic N) is 1. The molecule has 1 atom stereocenters. The van der Waals surface area contributed by atoms with Crippen LogP contribution in [0.25, 0.3) is 0 Å². The third-order valence-corrected chi connectivity index (χ3v) is 6.06. The number of likely N-dealkylation sites (tertiary alicyclic amines) is 1. The Morgan fingerprint density at radius 2 is 1.56 bits per heavy atom. The highest BCUT2D eigenvalue weighted by molar-refractivity contribution is 4.91. The Morgan fingerprint density at radius 3 is 2.17 bits per heavy atom. The van der Waals surface area contributed by atoms with Gasteiger partial charge in [0.1, 0.15) is 0 Å². The Labute approximate surface area is 112 Å². The van der Waals surface area contributed by atoms with E-state index in [1.54, 1.807) is 0 Å². The van der Waals surface area contributed by atoms with Gasteiger partial charge in [0.15, 0.2) is 0 Å². The molecule has 1 aliphatic heterocycles. The Hall–Kier alpha value is -0.0800. The largest absolute Gasteiger partial charge is 0.326 e. The number of hydrogen-bond acceptors (Lipinski definition) is 2. The molecule has 1 unspecified atom stereocenters. The van der Waals surface area contributed by atoms with Crippen LogP contribution in [0.1, 0.15) is 64.2 Å². The van der Waals surface area contributed by atoms with Crippen LogP contribution in [0.2, 0.25) is 0 Å². The zero-order valence-corrected chi connectivity index (χ0v) is 11.9. The van der Waals surface area contributed by atoms with Crippen molar-refractivity contribution in [3.8, 4) is 0 Å². The monoisotopic (exact) mass is 250 g/mol. The normalized spacial score (nSPS) is 31.2. The molecule has 18 heavy (non-hydrogen) atoms. The molecule has 0 aromatic heterocycles. The number of piperidine rings is 1. The second kappa shape index (κ2) is 5.50. The highest BCUT2D eigenvalue weighted by Gasteiger charge is 2.37. The molecule has 2 nitrogen and oxygen atoms in total. The van der Waals surface area contributed by atoms with Gasteiger partial charge in [0.25, 0.3) is 0 Å². The minimum atomic E-state index is 0.449. The van der Waals surface area contributed by atoms with Crippen molar-refractivity contribution in [2.45, 2.75) is 70.3 Å². The predicted octanol–water partition coefficient (Wildman–Crippen LogP) is 3.16. The van der Waals surface area contributed by atoms with Gasteiger partial charge in [-0.3, -0.25) is 0 Å². The van der Waals surface area contributed by atoms with E-state index in [9.17, 15) is 0 Å². The molecule has 1 spiro atoms. The van der Waals surface area contributed by atoms with Crippen LogP contribution in [0.3, 0.4) is 0 Å². The summed E-state index contributed by atoms with van der Waals surface area (Å²) >= 11 is 0. The van der Waals surface area contributed by atoms with Gasteiger partial charge in [-0.25, -0.2) is 0 Å². The van der Waals surface area contributed by atoms with Crippen molar-refractivity contribution >= 4 is 0 Å². The Balaban J connectivity index is 1.44. The first-order valence-corrected chi connectivity index (χ1v) is 8.25. The molecule has 1 saturated heterocycles. The van der Waals surface area contributed by atoms with E-state index in [2.05, 4.69) is 4.90 Å². The molecule has 2 N–H and O–H groups in total. The fraction of sp³-hybridized carbons (Fsp3) is 1.00. The molecule has 1 heterocycles. The van der Waals surface area contributed by atoms with Gasteiger partial charge in [-0.15, -0.1) is 0 Å². The van der Waals surface area contributed by atoms with Crippen molar-refractivity contribution in [3.63, 3.8) is 0 Å². The molecule has 2 saturated carbocycles. The lowest BCUT2D eigenvalue weighted by molar-refractivity contribution is 0.0983. The average molecular weight is 250 g/mol. The fourth-order valence-corrected chi connectivity index (χ4v) is 4.67. The molecule has 3 aliphatic rings. The standard InChI is InChI=1S/C16H30N2/c17-15(14-5-1-2-6-14)13-18-11-9-16(10-12-18)7-3-4-8-16/h14-15H,1-13,17H2. The quantitative estimate of drug-likeness (QED) is 0.833. The first kappa shape index (κ1) is 12.9. The van der Waals surface area contributed by atoms with E-state index in [0.29, 0.717) is 6.04 Å². The van der Waals surface area contributed by atoms with E-state index >= 15 is 0 Å². The van der Waals surface area contributed by atoms with Gasteiger partial charge in [0.05, 0.1) is 0 Å². The number of rotatable bonds is 3. The van der Waals surface area contributed by atoms with Gasteiger partial charge in [0.2, 0.25) is 0 Å². The smallest absolute Gasteiger partial charge is 0.0196 e. The van der Waals surface area contributed by atoms with Crippen molar-refractivity contribution < 1.29 is 0 Å². The van der Waals surface area contributed by atoms with Crippen LogP contribution in [0.15, 0.2) is 0 Å². The summed E-state index contributed by atoms with van der Waals surface area (Å²) in [6.07, 6.45) is 14.5. The van der Waals surface area contributed by atoms with Gasteiger partial charge in [0, 0.05) is 12.6 Å². The van der Waals surface area contributed by atoms with E-state index in [-0.39, 0.29) is 0 Å². The Morgan fingerprint density at radius 1 is 0.944 bits per heavy atom. The van der Waals surface area contributed by atoms with Crippen LogP contribution in [-0.2, 0) is 0 Å². The Kier molecular flexibility index (Phi) is 3.95. The van der Waals surface area contributed by atoms with E-state index in [0.717, 1.165) is 11.3 Å². The molecule has 0 aromatic carbocycles. The van der Waals surface area contributed by atoms with Crippen molar-refractivity contribution in [1.82, 2.24) is 4.90 Å². The molecule has 0 bridgehead atoms. The first-order chi connectivity index (χ1) is 8.77. The van der Waals surface area contributed by atoms with Crippen molar-refractivity contribution in [1.29, 1.82) is 0 Å². The minimum Gasteiger partial charge on any atom is -0.326 e. The lowest BCUT2D eigenvalue weighted by Crippen LogP contribution is -2.46. The van der Waals surface area contributed by atoms with E-state index < -0.39 is 0 Å². The van der Waals surface area contributed by atoms with Crippen LogP contribution in [0.4, 0.5) is 0 Å². The minimum absolute atomic E-state index is 0.449. The zero-order valence-electron chi connectivity index (χ0n) is 11.9. The third-order valence-electron chi connectivity index (χ3n) is 6.06. The predicted molar refractivity (Wildman–Crippen MR) is 76.5 cm³/mol. The number of hydrogen-bond donors (Lipinski definition) is 1. The van der Waals surface area contributed by atoms with Crippen molar-refractivity contribution in [3.05, 3.63) is 0 Å². The summed E-state index contributed by atoms with van der Waals surface area (Å²) in [5, 5.41) is 0. The van der Waals surface area contributed by atoms with E-state index in [4.69, 9.17) is 5.73 Å². The molecular formula is C16H30N2. The van der Waals surface area contributed by atoms with Gasteiger partial charge < -0.3 is 10.6 Å². The number of nitrogens with two attached hydrogens (primary N) is 1. The summed E-state index contributed by atoms with van der Waals surface area (Å²) in [7, 11) is 0. The molecule has 3 fully saturated rings. The SMILES string of the molecule is NC(CN1CCC2(CCCC2)CC1)C1CCCC1. The molecule has 0 radical (unpaired) electrons. The summed E-state index contributed by atoms with van der Waals surface area (Å²) in [5.41, 5.74) is 7.17. The van der Waals surface area contributed by atoms with E-state index in [1.165, 1.54) is 83.8 Å². The van der Waals surface area contributed by atoms with Crippen LogP contribution in [0.5, 0.6) is 0 Å². The topological polar surface area (TPSA) is 29.3 Å². The molecule has 0 amide bonds. The lowest BCUT2D eigenvalue weighted by atomic mass is 9.77. The molecule has 104 valence electrons. The van der Waals surface area contributed by atoms with Crippen molar-refractivity contribution in [2.75, 3.05) is 19.6 Å². The molecule has 3 rings (SSSR count). The fourth-order valence-electron chi connectivity index (χ4n) is 4.67. The summed E-state index contributed by atoms with van der Waals surface area (Å²) in [5.74, 6) is 0.826. The zero-order chi connectivity index (χ0) is 12.4. The third kappa shape index (κ3) is 2.75. The lowest BCUT2D eigenvalue weighted by Gasteiger charge is -2.40. The molecule has 2 aliphatic carbocycles. The molecule has 0 aromatic rings. The van der Waals surface area contributed by atoms with Crippen LogP contribution in [-0.4, -0.2) is 30.6 Å². The van der Waals surface area contributed by atoms with Gasteiger partial charge >= 0.3 is 0 Å². The maximum Gasteiger partial charge on any atom is 0.0196 e. The van der Waals surface area contributed by atoms with Crippen molar-refractivity contribution in [2.24, 2.45) is 17.1 Å². The Bertz CT molecular complexity index is 254. The summed E-state index contributed by atoms with van der Waals surface area (Å²) in [6, 6.07) is 0.449. The van der Waals surface area contributed by atoms with Crippen LogP contribution < -0.4 is 5.73 Å². The summed E-state index contributed by atoms with van der Waals surface area (Å²) in [4.78, 5) is 2.66. The summed E-state index contributed by atoms with van der Waals surface area (Å²) in [6.45, 7) is 3.81. The maximum absolute atomic E-state index is 6.41. The van der Waals surface area contributed by atoms with Gasteiger partial charge in [-0.2, -0.15) is 0 Å². The second-order valence-corrected chi connectivity index (χ2v) is 7.22. The maximum atomic E-state index is 6.41. The van der Waals surface area contributed by atoms with Gasteiger partial charge in [-0.05, 0) is 62.9 Å². The molecular weight excluding hydrogens is 220 g/mol. The van der Waals surface area contributed by atoms with E-state index in [1.807, 2.05) is 0 Å². The van der Waals surface area contributed by atoms with Crippen LogP contribution >= 0.6 is 0 Å². The highest BCUT2D eigenvalue weighted by Crippen LogP contribution is 2.46. The van der Waals surface area contributed by atoms with Gasteiger partial charge in [-0.1, -0.05) is 25.7 Å².